The fraction of sp³-hybridized carbons (Fsp3) is 0.375. The van der Waals surface area contributed by atoms with E-state index in [0.717, 1.165) is 6.26 Å². The molecule has 0 aliphatic heterocycles. The zero-order chi connectivity index (χ0) is 9.90. The number of aromatic nitrogens is 2. The van der Waals surface area contributed by atoms with Crippen molar-refractivity contribution in [3.63, 3.8) is 0 Å². The van der Waals surface area contributed by atoms with Gasteiger partial charge in [-0.05, 0) is 6.92 Å². The van der Waals surface area contributed by atoms with Gasteiger partial charge in [0.15, 0.2) is 0 Å². The monoisotopic (exact) mass is 200 g/mol. The van der Waals surface area contributed by atoms with E-state index in [-0.39, 0.29) is 5.16 Å². The lowest BCUT2D eigenvalue weighted by Crippen LogP contribution is -2.07. The van der Waals surface area contributed by atoms with Crippen LogP contribution in [0.1, 0.15) is 6.92 Å². The Labute approximate surface area is 77.8 Å². The van der Waals surface area contributed by atoms with Crippen LogP contribution in [0.25, 0.3) is 0 Å². The summed E-state index contributed by atoms with van der Waals surface area (Å²) in [5, 5.41) is 0.116. The predicted octanol–water partition coefficient (Wildman–Crippen LogP) is 0.863. The maximum absolute atomic E-state index is 11.2. The van der Waals surface area contributed by atoms with Crippen molar-refractivity contribution in [3.8, 4) is 0 Å². The molecule has 1 aromatic heterocycles. The molecule has 0 saturated carbocycles. The molecule has 0 aliphatic rings. The molecule has 0 aliphatic carbocycles. The summed E-state index contributed by atoms with van der Waals surface area (Å²) >= 11 is 0. The Morgan fingerprint density at radius 2 is 2.31 bits per heavy atom. The van der Waals surface area contributed by atoms with E-state index in [0.29, 0.717) is 6.54 Å². The predicted molar refractivity (Wildman–Crippen MR) is 50.2 cm³/mol. The van der Waals surface area contributed by atoms with Gasteiger partial charge in [0.05, 0.1) is 0 Å². The molecule has 72 valence electrons. The molecular formula is C8H12N2O2S. The molecule has 1 rings (SSSR count). The highest BCUT2D eigenvalue weighted by Gasteiger charge is 2.12. The number of nitrogens with zero attached hydrogens (tertiary/aromatic N) is 2. The van der Waals surface area contributed by atoms with Gasteiger partial charge in [-0.3, -0.25) is 0 Å². The van der Waals surface area contributed by atoms with E-state index >= 15 is 0 Å². The van der Waals surface area contributed by atoms with Gasteiger partial charge in [0.25, 0.3) is 0 Å². The quantitative estimate of drug-likeness (QED) is 0.680. The molecule has 0 unspecified atom stereocenters. The fourth-order valence-electron chi connectivity index (χ4n) is 0.982. The van der Waals surface area contributed by atoms with Crippen LogP contribution in [-0.4, -0.2) is 24.2 Å². The minimum absolute atomic E-state index is 0.116. The number of allylic oxidation sites excluding steroid dienone is 2. The lowest BCUT2D eigenvalue weighted by Gasteiger charge is -2.01. The van der Waals surface area contributed by atoms with Gasteiger partial charge in [-0.2, -0.15) is 0 Å². The maximum atomic E-state index is 11.2. The first kappa shape index (κ1) is 9.98. The van der Waals surface area contributed by atoms with E-state index in [4.69, 9.17) is 0 Å². The first-order valence-electron chi connectivity index (χ1n) is 3.88. The van der Waals surface area contributed by atoms with Crippen LogP contribution in [0.5, 0.6) is 0 Å². The van der Waals surface area contributed by atoms with Crippen LogP contribution in [-0.2, 0) is 16.4 Å². The molecule has 0 saturated heterocycles. The lowest BCUT2D eigenvalue weighted by atomic mass is 10.5. The van der Waals surface area contributed by atoms with E-state index in [2.05, 4.69) is 4.98 Å². The van der Waals surface area contributed by atoms with Gasteiger partial charge in [-0.1, -0.05) is 12.2 Å². The Morgan fingerprint density at radius 3 is 2.85 bits per heavy atom. The topological polar surface area (TPSA) is 52.0 Å². The zero-order valence-corrected chi connectivity index (χ0v) is 8.45. The van der Waals surface area contributed by atoms with Crippen LogP contribution in [0.2, 0.25) is 0 Å². The smallest absolute Gasteiger partial charge is 0.227 e. The Hall–Kier alpha value is -1.10. The van der Waals surface area contributed by atoms with E-state index in [1.54, 1.807) is 10.8 Å². The van der Waals surface area contributed by atoms with Crippen molar-refractivity contribution in [3.05, 3.63) is 24.5 Å². The van der Waals surface area contributed by atoms with Crippen molar-refractivity contribution in [2.45, 2.75) is 18.6 Å². The highest BCUT2D eigenvalue weighted by molar-refractivity contribution is 7.90. The second-order valence-corrected chi connectivity index (χ2v) is 4.61. The molecule has 13 heavy (non-hydrogen) atoms. The lowest BCUT2D eigenvalue weighted by molar-refractivity contribution is 0.580. The number of rotatable bonds is 3. The standard InChI is InChI=1S/C8H12N2O2S/c1-3-4-6-10-7-5-9-8(10)13(2,11)12/h3-5,7H,6H2,1-2H3/b4-3+. The molecule has 1 aromatic rings. The minimum Gasteiger partial charge on any atom is -0.318 e. The molecule has 1 heterocycles. The van der Waals surface area contributed by atoms with Crippen LogP contribution in [0.15, 0.2) is 29.7 Å². The van der Waals surface area contributed by atoms with Crippen LogP contribution in [0.4, 0.5) is 0 Å². The van der Waals surface area contributed by atoms with Gasteiger partial charge in [0, 0.05) is 25.2 Å². The third-order valence-electron chi connectivity index (χ3n) is 1.55. The van der Waals surface area contributed by atoms with E-state index in [9.17, 15) is 8.42 Å². The summed E-state index contributed by atoms with van der Waals surface area (Å²) in [7, 11) is -3.20. The fourth-order valence-corrected chi connectivity index (χ4v) is 1.80. The summed E-state index contributed by atoms with van der Waals surface area (Å²) in [6.07, 6.45) is 8.03. The Balaban J connectivity index is 3.03. The SMILES string of the molecule is C/C=C/Cn1ccnc1S(C)(=O)=O. The molecule has 0 spiro atoms. The second kappa shape index (κ2) is 3.74. The van der Waals surface area contributed by atoms with Crippen molar-refractivity contribution < 1.29 is 8.42 Å². The Morgan fingerprint density at radius 1 is 1.62 bits per heavy atom. The number of hydrogen-bond acceptors (Lipinski definition) is 3. The Kier molecular flexibility index (Phi) is 2.87. The second-order valence-electron chi connectivity index (χ2n) is 2.70. The first-order chi connectivity index (χ1) is 6.05. The van der Waals surface area contributed by atoms with Crippen molar-refractivity contribution in [1.82, 2.24) is 9.55 Å². The summed E-state index contributed by atoms with van der Waals surface area (Å²) in [5.41, 5.74) is 0. The molecular weight excluding hydrogens is 188 g/mol. The highest BCUT2D eigenvalue weighted by atomic mass is 32.2. The van der Waals surface area contributed by atoms with Gasteiger partial charge >= 0.3 is 0 Å². The number of sulfone groups is 1. The van der Waals surface area contributed by atoms with Crippen LogP contribution < -0.4 is 0 Å². The molecule has 0 bridgehead atoms. The molecule has 0 fully saturated rings. The van der Waals surface area contributed by atoms with Crippen molar-refractivity contribution in [2.75, 3.05) is 6.26 Å². The number of imidazole rings is 1. The summed E-state index contributed by atoms with van der Waals surface area (Å²) < 4.78 is 23.9. The Bertz CT molecular complexity index is 404. The maximum Gasteiger partial charge on any atom is 0.227 e. The third kappa shape index (κ3) is 2.42. The minimum atomic E-state index is -3.20. The zero-order valence-electron chi connectivity index (χ0n) is 7.64. The normalized spacial score (nSPS) is 12.5. The largest absolute Gasteiger partial charge is 0.318 e. The summed E-state index contributed by atoms with van der Waals surface area (Å²) in [5.74, 6) is 0. The molecule has 0 aromatic carbocycles. The summed E-state index contributed by atoms with van der Waals surface area (Å²) in [6.45, 7) is 2.43. The average molecular weight is 200 g/mol. The van der Waals surface area contributed by atoms with Crippen molar-refractivity contribution in [2.24, 2.45) is 0 Å². The van der Waals surface area contributed by atoms with Gasteiger partial charge < -0.3 is 4.57 Å². The molecule has 0 atom stereocenters. The molecule has 0 radical (unpaired) electrons. The molecule has 5 heteroatoms. The van der Waals surface area contributed by atoms with E-state index in [1.165, 1.54) is 6.20 Å². The average Bonchev–Trinajstić information content (AvgIpc) is 2.47. The van der Waals surface area contributed by atoms with Gasteiger partial charge in [0.1, 0.15) is 0 Å². The van der Waals surface area contributed by atoms with Gasteiger partial charge in [-0.15, -0.1) is 0 Å². The van der Waals surface area contributed by atoms with Crippen molar-refractivity contribution >= 4 is 9.84 Å². The number of hydrogen-bond donors (Lipinski definition) is 0. The first-order valence-corrected chi connectivity index (χ1v) is 5.77. The van der Waals surface area contributed by atoms with Gasteiger partial charge in [0.2, 0.25) is 15.0 Å². The highest BCUT2D eigenvalue weighted by Crippen LogP contribution is 2.05. The van der Waals surface area contributed by atoms with Crippen LogP contribution in [0.3, 0.4) is 0 Å². The third-order valence-corrected chi connectivity index (χ3v) is 2.55. The molecule has 0 N–H and O–H groups in total. The summed E-state index contributed by atoms with van der Waals surface area (Å²) in [6, 6.07) is 0. The van der Waals surface area contributed by atoms with Crippen LogP contribution in [0, 0.1) is 0 Å². The van der Waals surface area contributed by atoms with Gasteiger partial charge in [-0.25, -0.2) is 13.4 Å². The summed E-state index contributed by atoms with van der Waals surface area (Å²) in [4.78, 5) is 3.78. The van der Waals surface area contributed by atoms with Crippen LogP contribution >= 0.6 is 0 Å². The van der Waals surface area contributed by atoms with Crippen molar-refractivity contribution in [1.29, 1.82) is 0 Å². The molecule has 4 nitrogen and oxygen atoms in total. The molecule has 0 amide bonds. The van der Waals surface area contributed by atoms with E-state index in [1.807, 2.05) is 19.1 Å². The van der Waals surface area contributed by atoms with E-state index < -0.39 is 9.84 Å².